The van der Waals surface area contributed by atoms with Gasteiger partial charge in [-0.05, 0) is 30.2 Å². The number of carbonyl (C=O) groups excluding carboxylic acids is 2. The lowest BCUT2D eigenvalue weighted by atomic mass is 9.94. The van der Waals surface area contributed by atoms with Crippen LogP contribution in [0.2, 0.25) is 0 Å². The van der Waals surface area contributed by atoms with Crippen LogP contribution in [0.5, 0.6) is 0 Å². The molecule has 0 aromatic heterocycles. The third kappa shape index (κ3) is 4.38. The van der Waals surface area contributed by atoms with Crippen LogP contribution in [0, 0.1) is 12.7 Å². The number of hydrogen-bond acceptors (Lipinski definition) is 3. The first-order valence-electron chi connectivity index (χ1n) is 9.67. The monoisotopic (exact) mass is 396 g/mol. The van der Waals surface area contributed by atoms with Crippen LogP contribution in [0.1, 0.15) is 29.2 Å². The van der Waals surface area contributed by atoms with Gasteiger partial charge in [0.25, 0.3) is 5.91 Å². The minimum atomic E-state index is -0.776. The lowest BCUT2D eigenvalue weighted by Crippen LogP contribution is -3.05. The molecule has 5 nitrogen and oxygen atoms in total. The second-order valence-electron chi connectivity index (χ2n) is 7.70. The zero-order valence-corrected chi connectivity index (χ0v) is 16.9. The van der Waals surface area contributed by atoms with E-state index in [0.29, 0.717) is 13.0 Å². The van der Waals surface area contributed by atoms with Crippen LogP contribution in [0.3, 0.4) is 0 Å². The van der Waals surface area contributed by atoms with Gasteiger partial charge in [-0.15, -0.1) is 0 Å². The van der Waals surface area contributed by atoms with E-state index in [0.717, 1.165) is 17.7 Å². The zero-order valence-electron chi connectivity index (χ0n) is 16.9. The van der Waals surface area contributed by atoms with E-state index < -0.39 is 29.3 Å². The maximum atomic E-state index is 13.3. The van der Waals surface area contributed by atoms with Crippen molar-refractivity contribution >= 4 is 17.4 Å². The van der Waals surface area contributed by atoms with Crippen molar-refractivity contribution in [3.8, 4) is 0 Å². The van der Waals surface area contributed by atoms with E-state index in [1.165, 1.54) is 34.1 Å². The highest BCUT2D eigenvalue weighted by atomic mass is 19.1. The molecule has 1 fully saturated rings. The molecular formula is C23H25FN2O3. The molecule has 0 bridgehead atoms. The molecule has 1 N–H and O–H groups in total. The summed E-state index contributed by atoms with van der Waals surface area (Å²) in [6.45, 7) is 3.16. The van der Waals surface area contributed by atoms with Gasteiger partial charge in [-0.25, -0.2) is 4.39 Å². The van der Waals surface area contributed by atoms with Gasteiger partial charge in [0.2, 0.25) is 5.78 Å². The molecule has 1 atom stereocenters. The van der Waals surface area contributed by atoms with E-state index in [9.17, 15) is 19.1 Å². The van der Waals surface area contributed by atoms with Crippen LogP contribution in [-0.4, -0.2) is 43.8 Å². The van der Waals surface area contributed by atoms with Crippen LogP contribution in [0.25, 0.3) is 5.76 Å². The second-order valence-corrected chi connectivity index (χ2v) is 7.70. The number of ketones is 1. The van der Waals surface area contributed by atoms with Crippen molar-refractivity contribution < 1.29 is 24.0 Å². The molecule has 0 saturated carbocycles. The van der Waals surface area contributed by atoms with E-state index in [1.54, 1.807) is 0 Å². The number of nitrogens with one attached hydrogen (secondary N) is 1. The number of halogens is 1. The first kappa shape index (κ1) is 20.7. The smallest absolute Gasteiger partial charge is 0.295 e. The van der Waals surface area contributed by atoms with Gasteiger partial charge in [-0.2, -0.15) is 0 Å². The molecule has 1 aliphatic heterocycles. The van der Waals surface area contributed by atoms with E-state index >= 15 is 0 Å². The highest BCUT2D eigenvalue weighted by Crippen LogP contribution is 2.38. The fraction of sp³-hybridized carbons (Fsp3) is 0.304. The average Bonchev–Trinajstić information content (AvgIpc) is 2.93. The fourth-order valence-electron chi connectivity index (χ4n) is 3.56. The van der Waals surface area contributed by atoms with Crippen molar-refractivity contribution in [2.45, 2.75) is 19.4 Å². The number of aryl methyl sites for hydroxylation is 1. The Morgan fingerprint density at radius 3 is 2.28 bits per heavy atom. The number of nitrogens with zero attached hydrogens (tertiary/aromatic N) is 1. The molecule has 1 unspecified atom stereocenters. The minimum Gasteiger partial charge on any atom is -0.872 e. The van der Waals surface area contributed by atoms with Gasteiger partial charge < -0.3 is 14.9 Å². The molecule has 0 aliphatic carbocycles. The Labute approximate surface area is 170 Å². The SMILES string of the molecule is Cc1ccc(C2/C(=C(\[O-])c3ccc(F)cc3)C(=O)C(=O)N2CCC[NH+](C)C)cc1. The van der Waals surface area contributed by atoms with E-state index in [4.69, 9.17) is 0 Å². The van der Waals surface area contributed by atoms with Crippen LogP contribution in [-0.2, 0) is 9.59 Å². The molecular weight excluding hydrogens is 371 g/mol. The number of amides is 1. The summed E-state index contributed by atoms with van der Waals surface area (Å²) in [6, 6.07) is 11.8. The average molecular weight is 396 g/mol. The summed E-state index contributed by atoms with van der Waals surface area (Å²) < 4.78 is 13.3. The Balaban J connectivity index is 2.07. The highest BCUT2D eigenvalue weighted by molar-refractivity contribution is 6.46. The summed E-state index contributed by atoms with van der Waals surface area (Å²) in [5.74, 6) is -2.44. The Morgan fingerprint density at radius 2 is 1.69 bits per heavy atom. The van der Waals surface area contributed by atoms with E-state index in [2.05, 4.69) is 0 Å². The Morgan fingerprint density at radius 1 is 1.07 bits per heavy atom. The Bertz CT molecular complexity index is 934. The summed E-state index contributed by atoms with van der Waals surface area (Å²) in [5, 5.41) is 13.1. The van der Waals surface area contributed by atoms with Gasteiger partial charge in [-0.3, -0.25) is 9.59 Å². The molecule has 1 amide bonds. The molecule has 152 valence electrons. The van der Waals surface area contributed by atoms with Crippen LogP contribution in [0.4, 0.5) is 4.39 Å². The number of hydrogen-bond donors (Lipinski definition) is 1. The van der Waals surface area contributed by atoms with E-state index in [-0.39, 0.29) is 11.1 Å². The van der Waals surface area contributed by atoms with Gasteiger partial charge >= 0.3 is 0 Å². The second kappa shape index (κ2) is 8.57. The quantitative estimate of drug-likeness (QED) is 0.448. The topological polar surface area (TPSA) is 64.9 Å². The van der Waals surface area contributed by atoms with Crippen molar-refractivity contribution in [2.75, 3.05) is 27.2 Å². The number of rotatable bonds is 6. The minimum absolute atomic E-state index is 0.0670. The fourth-order valence-corrected chi connectivity index (χ4v) is 3.56. The highest BCUT2D eigenvalue weighted by Gasteiger charge is 2.43. The molecule has 29 heavy (non-hydrogen) atoms. The van der Waals surface area contributed by atoms with Crippen molar-refractivity contribution in [2.24, 2.45) is 0 Å². The molecule has 0 radical (unpaired) electrons. The zero-order chi connectivity index (χ0) is 21.1. The first-order chi connectivity index (χ1) is 13.8. The summed E-state index contributed by atoms with van der Waals surface area (Å²) in [5.41, 5.74) is 1.89. The predicted octanol–water partition coefficient (Wildman–Crippen LogP) is 0.893. The third-order valence-corrected chi connectivity index (χ3v) is 5.10. The van der Waals surface area contributed by atoms with Crippen molar-refractivity contribution in [1.82, 2.24) is 4.90 Å². The van der Waals surface area contributed by atoms with Gasteiger partial charge in [-0.1, -0.05) is 47.7 Å². The molecule has 6 heteroatoms. The van der Waals surface area contributed by atoms with Crippen molar-refractivity contribution in [1.29, 1.82) is 0 Å². The molecule has 1 aliphatic rings. The maximum Gasteiger partial charge on any atom is 0.295 e. The van der Waals surface area contributed by atoms with Crippen LogP contribution in [0.15, 0.2) is 54.1 Å². The lowest BCUT2D eigenvalue weighted by molar-refractivity contribution is -0.858. The molecule has 0 spiro atoms. The van der Waals surface area contributed by atoms with Gasteiger partial charge in [0.05, 0.1) is 26.7 Å². The largest absolute Gasteiger partial charge is 0.872 e. The van der Waals surface area contributed by atoms with Gasteiger partial charge in [0.1, 0.15) is 5.82 Å². The summed E-state index contributed by atoms with van der Waals surface area (Å²) in [6.07, 6.45) is 0.710. The third-order valence-electron chi connectivity index (χ3n) is 5.10. The number of likely N-dealkylation sites (tertiary alicyclic amines) is 1. The standard InChI is InChI=1S/C23H25FN2O3/c1-15-5-7-16(8-6-15)20-19(21(27)17-9-11-18(24)12-10-17)22(28)23(29)26(20)14-4-13-25(2)3/h5-12,20,27H,4,13-14H2,1-3H3/b21-19+. The van der Waals surface area contributed by atoms with Gasteiger partial charge in [0.15, 0.2) is 0 Å². The molecule has 1 saturated heterocycles. The van der Waals surface area contributed by atoms with Crippen LogP contribution < -0.4 is 10.0 Å². The van der Waals surface area contributed by atoms with Gasteiger partial charge in [0, 0.05) is 18.5 Å². The van der Waals surface area contributed by atoms with E-state index in [1.807, 2.05) is 45.3 Å². The summed E-state index contributed by atoms with van der Waals surface area (Å²) in [7, 11) is 4.04. The number of Topliss-reactive ketones (excluding diaryl/α,β-unsaturated/α-hetero) is 1. The normalized spacial score (nSPS) is 18.7. The van der Waals surface area contributed by atoms with Crippen molar-refractivity contribution in [3.63, 3.8) is 0 Å². The Kier molecular flexibility index (Phi) is 6.13. The maximum absolute atomic E-state index is 13.3. The first-order valence-corrected chi connectivity index (χ1v) is 9.67. The molecule has 2 aromatic rings. The van der Waals surface area contributed by atoms with Crippen LogP contribution >= 0.6 is 0 Å². The number of benzene rings is 2. The number of carbonyl (C=O) groups is 2. The lowest BCUT2D eigenvalue weighted by Gasteiger charge is -2.27. The molecule has 3 rings (SSSR count). The predicted molar refractivity (Wildman–Crippen MR) is 106 cm³/mol. The Hall–Kier alpha value is -2.99. The summed E-state index contributed by atoms with van der Waals surface area (Å²) in [4.78, 5) is 28.3. The number of quaternary nitrogens is 1. The van der Waals surface area contributed by atoms with Crippen molar-refractivity contribution in [3.05, 3.63) is 76.6 Å². The molecule has 2 aromatic carbocycles. The summed E-state index contributed by atoms with van der Waals surface area (Å²) >= 11 is 0. The molecule has 1 heterocycles.